The molecule has 1 saturated heterocycles. The van der Waals surface area contributed by atoms with Crippen LogP contribution in [-0.4, -0.2) is 81.9 Å². The van der Waals surface area contributed by atoms with E-state index in [1.54, 1.807) is 24.1 Å². The van der Waals surface area contributed by atoms with E-state index in [0.29, 0.717) is 25.3 Å². The Morgan fingerprint density at radius 1 is 1.14 bits per heavy atom. The Hall–Kier alpha value is -2.50. The molecule has 3 saturated carbocycles. The molecule has 0 unspecified atom stereocenters. The Morgan fingerprint density at radius 3 is 2.49 bits per heavy atom. The third-order valence-corrected chi connectivity index (χ3v) is 10.9. The molecular weight excluding hydrogens is 560 g/mol. The van der Waals surface area contributed by atoms with E-state index in [1.807, 2.05) is 32.9 Å². The molecule has 0 amide bonds. The number of halogens is 2. The quantitative estimate of drug-likeness (QED) is 0.433. The fraction of sp³-hybridized carbons (Fsp3) is 0.636. The van der Waals surface area contributed by atoms with E-state index in [-0.39, 0.29) is 31.6 Å². The smallest absolute Gasteiger partial charge is 0.192 e. The first-order valence-electron chi connectivity index (χ1n) is 15.3. The first-order valence-corrected chi connectivity index (χ1v) is 15.3. The third-order valence-electron chi connectivity index (χ3n) is 10.9. The summed E-state index contributed by atoms with van der Waals surface area (Å²) in [6.07, 6.45) is 0.739. The first-order chi connectivity index (χ1) is 20.4. The average Bonchev–Trinajstić information content (AvgIpc) is 3.47. The molecule has 236 valence electrons. The minimum absolute atomic E-state index is 0.0564. The van der Waals surface area contributed by atoms with Crippen molar-refractivity contribution in [2.24, 2.45) is 28.6 Å². The van der Waals surface area contributed by atoms with Gasteiger partial charge in [0.05, 0.1) is 12.7 Å². The van der Waals surface area contributed by atoms with Crippen LogP contribution in [0.4, 0.5) is 8.78 Å². The summed E-state index contributed by atoms with van der Waals surface area (Å²) in [7, 11) is 0. The zero-order chi connectivity index (χ0) is 31.4. The Bertz CT molecular complexity index is 1300. The maximum Gasteiger partial charge on any atom is 0.192 e. The van der Waals surface area contributed by atoms with Crippen LogP contribution in [0.1, 0.15) is 52.5 Å². The van der Waals surface area contributed by atoms with Gasteiger partial charge in [-0.05, 0) is 67.5 Å². The summed E-state index contributed by atoms with van der Waals surface area (Å²) in [6.45, 7) is 7.37. The van der Waals surface area contributed by atoms with Crippen LogP contribution in [0, 0.1) is 28.6 Å². The molecule has 1 heterocycles. The van der Waals surface area contributed by atoms with Gasteiger partial charge in [0.15, 0.2) is 22.8 Å². The molecule has 8 nitrogen and oxygen atoms in total. The number of carbonyl (C=O) groups is 2. The SMILES string of the molecule is CC.C[C@]12C=CC(=O)C=C1[C@@H](F)C[C@H]1[C@@H]3C[C@H]4CN(Cc5ccc(OCCO)cc5)O[C@@]4(C(=O)CO)[C@@]3(C)C[C@H](O)[C@@]12F. The zero-order valence-corrected chi connectivity index (χ0v) is 25.3. The molecule has 10 heteroatoms. The van der Waals surface area contributed by atoms with Crippen molar-refractivity contribution in [3.63, 3.8) is 0 Å². The fourth-order valence-corrected chi connectivity index (χ4v) is 9.09. The minimum Gasteiger partial charge on any atom is -0.491 e. The van der Waals surface area contributed by atoms with E-state index >= 15 is 8.78 Å². The molecule has 1 aromatic carbocycles. The number of hydrogen-bond acceptors (Lipinski definition) is 8. The van der Waals surface area contributed by atoms with Crippen LogP contribution in [0.3, 0.4) is 0 Å². The van der Waals surface area contributed by atoms with E-state index in [2.05, 4.69) is 0 Å². The number of ketones is 2. The monoisotopic (exact) mass is 603 g/mol. The molecule has 0 radical (unpaired) electrons. The van der Waals surface area contributed by atoms with Gasteiger partial charge in [0, 0.05) is 35.8 Å². The standard InChI is InChI=1S/C31H37F2NO7.C2H6/c1-28-8-7-20(37)12-24(28)25(32)13-23-22-11-19-16-34(15-18-3-5-21(6-4-18)40-10-9-35)41-31(19,27(39)17-36)29(22,2)14-26(38)30(23,28)33;1-2/h3-8,12,19,22-23,25-26,35-36,38H,9-11,13-17H2,1-2H3;1-2H3/t19-,22-,23-,25-,26-,28-,29-,30-,31-;/m0./s1. The molecule has 5 aliphatic rings. The highest BCUT2D eigenvalue weighted by Gasteiger charge is 2.79. The van der Waals surface area contributed by atoms with Gasteiger partial charge in [-0.1, -0.05) is 39.0 Å². The van der Waals surface area contributed by atoms with E-state index in [1.165, 1.54) is 12.2 Å². The van der Waals surface area contributed by atoms with Gasteiger partial charge in [-0.3, -0.25) is 14.4 Å². The van der Waals surface area contributed by atoms with Gasteiger partial charge < -0.3 is 20.1 Å². The Morgan fingerprint density at radius 2 is 1.84 bits per heavy atom. The van der Waals surface area contributed by atoms with Crippen LogP contribution >= 0.6 is 0 Å². The number of allylic oxidation sites excluding steroid dienone is 4. The number of hydroxylamine groups is 2. The van der Waals surface area contributed by atoms with Crippen molar-refractivity contribution in [2.75, 3.05) is 26.4 Å². The first kappa shape index (κ1) is 31.9. The van der Waals surface area contributed by atoms with Crippen molar-refractivity contribution in [3.8, 4) is 5.75 Å². The number of nitrogens with zero attached hydrogens (tertiary/aromatic N) is 1. The number of aliphatic hydroxyl groups is 3. The molecule has 6 rings (SSSR count). The molecule has 1 aliphatic heterocycles. The highest BCUT2D eigenvalue weighted by Crippen LogP contribution is 2.72. The van der Waals surface area contributed by atoms with Gasteiger partial charge in [0.1, 0.15) is 25.1 Å². The highest BCUT2D eigenvalue weighted by atomic mass is 19.1. The van der Waals surface area contributed by atoms with Crippen LogP contribution in [0.15, 0.2) is 48.1 Å². The van der Waals surface area contributed by atoms with Gasteiger partial charge in [-0.25, -0.2) is 8.78 Å². The van der Waals surface area contributed by atoms with Crippen LogP contribution in [-0.2, 0) is 21.0 Å². The summed E-state index contributed by atoms with van der Waals surface area (Å²) < 4.78 is 38.6. The lowest BCUT2D eigenvalue weighted by Gasteiger charge is -2.63. The van der Waals surface area contributed by atoms with Crippen molar-refractivity contribution in [3.05, 3.63) is 53.6 Å². The van der Waals surface area contributed by atoms with Crippen LogP contribution in [0.25, 0.3) is 0 Å². The molecule has 1 aromatic rings. The zero-order valence-electron chi connectivity index (χ0n) is 25.3. The summed E-state index contributed by atoms with van der Waals surface area (Å²) in [5.41, 5.74) is -5.37. The van der Waals surface area contributed by atoms with Crippen LogP contribution in [0.5, 0.6) is 5.75 Å². The van der Waals surface area contributed by atoms with Gasteiger partial charge in [0.25, 0.3) is 0 Å². The number of rotatable bonds is 7. The van der Waals surface area contributed by atoms with Crippen molar-refractivity contribution in [2.45, 2.75) is 77.0 Å². The Labute approximate surface area is 251 Å². The number of aliphatic hydroxyl groups excluding tert-OH is 3. The predicted molar refractivity (Wildman–Crippen MR) is 154 cm³/mol. The topological polar surface area (TPSA) is 117 Å². The van der Waals surface area contributed by atoms with Gasteiger partial charge in [-0.15, -0.1) is 0 Å². The van der Waals surface area contributed by atoms with Crippen molar-refractivity contribution in [1.82, 2.24) is 5.06 Å². The van der Waals surface area contributed by atoms with E-state index in [9.17, 15) is 19.8 Å². The van der Waals surface area contributed by atoms with Crippen molar-refractivity contribution in [1.29, 1.82) is 0 Å². The lowest BCUT2D eigenvalue weighted by molar-refractivity contribution is -0.269. The second kappa shape index (κ2) is 11.5. The predicted octanol–water partition coefficient (Wildman–Crippen LogP) is 3.68. The van der Waals surface area contributed by atoms with Gasteiger partial charge in [0.2, 0.25) is 0 Å². The maximum atomic E-state index is 17.5. The number of carbonyl (C=O) groups excluding carboxylic acids is 2. The molecular formula is C33H43F2NO7. The molecule has 3 N–H and O–H groups in total. The Kier molecular flexibility index (Phi) is 8.50. The van der Waals surface area contributed by atoms with Gasteiger partial charge >= 0.3 is 0 Å². The molecule has 0 aromatic heterocycles. The second-order valence-corrected chi connectivity index (χ2v) is 12.7. The highest BCUT2D eigenvalue weighted by molar-refractivity contribution is 6.01. The molecule has 0 spiro atoms. The van der Waals surface area contributed by atoms with Crippen molar-refractivity contribution < 1.29 is 43.3 Å². The summed E-state index contributed by atoms with van der Waals surface area (Å²) in [5, 5.41) is 32.3. The fourth-order valence-electron chi connectivity index (χ4n) is 9.09. The molecule has 4 aliphatic carbocycles. The summed E-state index contributed by atoms with van der Waals surface area (Å²) >= 11 is 0. The summed E-state index contributed by atoms with van der Waals surface area (Å²) in [5.74, 6) is -2.14. The van der Waals surface area contributed by atoms with Crippen LogP contribution < -0.4 is 4.74 Å². The van der Waals surface area contributed by atoms with E-state index in [4.69, 9.17) is 14.7 Å². The number of hydrogen-bond donors (Lipinski definition) is 3. The van der Waals surface area contributed by atoms with Crippen molar-refractivity contribution >= 4 is 11.6 Å². The second-order valence-electron chi connectivity index (χ2n) is 12.7. The average molecular weight is 604 g/mol. The number of ether oxygens (including phenoxy) is 1. The lowest BCUT2D eigenvalue weighted by Crippen LogP contribution is -2.70. The van der Waals surface area contributed by atoms with E-state index < -0.39 is 70.3 Å². The molecule has 0 bridgehead atoms. The third kappa shape index (κ3) is 4.47. The number of benzene rings is 1. The van der Waals surface area contributed by atoms with E-state index in [0.717, 1.165) is 11.6 Å². The van der Waals surface area contributed by atoms with Gasteiger partial charge in [-0.2, -0.15) is 5.06 Å². The summed E-state index contributed by atoms with van der Waals surface area (Å²) in [4.78, 5) is 32.2. The minimum atomic E-state index is -2.25. The maximum absolute atomic E-state index is 17.5. The number of alkyl halides is 2. The molecule has 43 heavy (non-hydrogen) atoms. The summed E-state index contributed by atoms with van der Waals surface area (Å²) in [6, 6.07) is 7.27. The Balaban J connectivity index is 0.00000180. The van der Waals surface area contributed by atoms with Crippen LogP contribution in [0.2, 0.25) is 0 Å². The number of fused-ring (bicyclic) bond motifs is 7. The normalized spacial score (nSPS) is 41.3. The number of Topliss-reactive ketones (excluding diaryl/α,β-unsaturated/α-hetero) is 1. The lowest BCUT2D eigenvalue weighted by atomic mass is 9.44. The molecule has 4 fully saturated rings. The molecule has 9 atom stereocenters. The largest absolute Gasteiger partial charge is 0.491 e.